The molecule has 0 radical (unpaired) electrons. The molecule has 2 aliphatic rings. The molecular weight excluding hydrogens is 348 g/mol. The molecule has 0 bridgehead atoms. The van der Waals surface area contributed by atoms with Crippen LogP contribution in [0.2, 0.25) is 0 Å². The van der Waals surface area contributed by atoms with Crippen LogP contribution >= 0.6 is 0 Å². The van der Waals surface area contributed by atoms with Crippen molar-refractivity contribution in [3.05, 3.63) is 35.9 Å². The Balaban J connectivity index is 1.49. The van der Waals surface area contributed by atoms with Crippen molar-refractivity contribution in [3.8, 4) is 0 Å². The van der Waals surface area contributed by atoms with Crippen molar-refractivity contribution < 1.29 is 9.59 Å². The Bertz CT molecular complexity index is 859. The van der Waals surface area contributed by atoms with Crippen molar-refractivity contribution >= 4 is 29.7 Å². The summed E-state index contributed by atoms with van der Waals surface area (Å²) in [4.78, 5) is 40.3. The Kier molecular flexibility index (Phi) is 4.45. The molecular formula is C17H20N8O2. The minimum atomic E-state index is -0.543. The smallest absolute Gasteiger partial charge is 0.245 e. The molecule has 2 aromatic rings. The van der Waals surface area contributed by atoms with Gasteiger partial charge in [0.15, 0.2) is 0 Å². The van der Waals surface area contributed by atoms with Gasteiger partial charge in [-0.1, -0.05) is 30.3 Å². The molecule has 0 spiro atoms. The number of amides is 2. The van der Waals surface area contributed by atoms with Gasteiger partial charge in [-0.05, 0) is 5.56 Å². The van der Waals surface area contributed by atoms with E-state index in [1.54, 1.807) is 4.90 Å². The number of fused-ring (bicyclic) bond motifs is 1. The molecule has 2 fully saturated rings. The summed E-state index contributed by atoms with van der Waals surface area (Å²) < 4.78 is 0. The summed E-state index contributed by atoms with van der Waals surface area (Å²) in [6.07, 6.45) is 0. The van der Waals surface area contributed by atoms with Crippen LogP contribution in [0.3, 0.4) is 0 Å². The van der Waals surface area contributed by atoms with Crippen LogP contribution in [-0.4, -0.2) is 63.9 Å². The molecule has 0 unspecified atom stereocenters. The number of aromatic nitrogens is 3. The Morgan fingerprint density at radius 3 is 2.78 bits per heavy atom. The highest BCUT2D eigenvalue weighted by molar-refractivity contribution is 5.95. The molecule has 10 nitrogen and oxygen atoms in total. The fraction of sp³-hybridized carbons (Fsp3) is 0.353. The van der Waals surface area contributed by atoms with Crippen LogP contribution in [0.25, 0.3) is 0 Å². The van der Waals surface area contributed by atoms with Crippen LogP contribution in [0.5, 0.6) is 0 Å². The van der Waals surface area contributed by atoms with E-state index >= 15 is 0 Å². The molecule has 2 saturated heterocycles. The average Bonchev–Trinajstić information content (AvgIpc) is 2.69. The summed E-state index contributed by atoms with van der Waals surface area (Å²) in [6, 6.07) is 9.32. The quantitative estimate of drug-likeness (QED) is 0.640. The summed E-state index contributed by atoms with van der Waals surface area (Å²) in [6.45, 7) is 1.89. The van der Waals surface area contributed by atoms with E-state index in [-0.39, 0.29) is 24.3 Å². The molecule has 27 heavy (non-hydrogen) atoms. The Labute approximate surface area is 155 Å². The molecule has 1 atom stereocenters. The van der Waals surface area contributed by atoms with E-state index in [4.69, 9.17) is 5.73 Å². The molecule has 3 heterocycles. The first-order valence-corrected chi connectivity index (χ1v) is 8.71. The van der Waals surface area contributed by atoms with E-state index in [9.17, 15) is 9.59 Å². The third-order valence-electron chi connectivity index (χ3n) is 4.63. The number of nitrogen functional groups attached to an aromatic ring is 1. The maximum Gasteiger partial charge on any atom is 0.245 e. The van der Waals surface area contributed by atoms with E-state index in [2.05, 4.69) is 25.6 Å². The van der Waals surface area contributed by atoms with Gasteiger partial charge in [0.2, 0.25) is 29.7 Å². The third-order valence-corrected chi connectivity index (χ3v) is 4.63. The second kappa shape index (κ2) is 7.06. The number of nitrogens with one attached hydrogen (secondary N) is 2. The van der Waals surface area contributed by atoms with Crippen LogP contribution in [-0.2, 0) is 16.1 Å². The highest BCUT2D eigenvalue weighted by atomic mass is 16.2. The van der Waals surface area contributed by atoms with E-state index < -0.39 is 6.04 Å². The van der Waals surface area contributed by atoms with E-state index in [0.29, 0.717) is 38.1 Å². The molecule has 1 aromatic carbocycles. The highest BCUT2D eigenvalue weighted by Gasteiger charge is 2.39. The minimum absolute atomic E-state index is 0.0571. The highest BCUT2D eigenvalue weighted by Crippen LogP contribution is 2.19. The van der Waals surface area contributed by atoms with Gasteiger partial charge in [-0.3, -0.25) is 9.59 Å². The summed E-state index contributed by atoms with van der Waals surface area (Å²) in [7, 11) is 0. The number of benzene rings is 1. The summed E-state index contributed by atoms with van der Waals surface area (Å²) >= 11 is 0. The lowest BCUT2D eigenvalue weighted by molar-refractivity contribution is -0.146. The number of anilines is 3. The molecule has 0 saturated carbocycles. The SMILES string of the molecule is Nc1nc(NCc2ccccc2)nc(N2CCN3C(=O)CNC(=O)[C@H]3C2)n1. The maximum atomic E-state index is 12.1. The third kappa shape index (κ3) is 3.59. The number of nitrogens with two attached hydrogens (primary N) is 1. The van der Waals surface area contributed by atoms with Crippen LogP contribution in [0.15, 0.2) is 30.3 Å². The zero-order valence-corrected chi connectivity index (χ0v) is 14.6. The van der Waals surface area contributed by atoms with Crippen molar-refractivity contribution in [2.45, 2.75) is 12.6 Å². The molecule has 4 N–H and O–H groups in total. The van der Waals surface area contributed by atoms with Gasteiger partial charge < -0.3 is 26.2 Å². The largest absolute Gasteiger partial charge is 0.368 e. The molecule has 4 rings (SSSR count). The van der Waals surface area contributed by atoms with Crippen molar-refractivity contribution in [1.82, 2.24) is 25.2 Å². The van der Waals surface area contributed by atoms with Crippen molar-refractivity contribution in [3.63, 3.8) is 0 Å². The monoisotopic (exact) mass is 368 g/mol. The van der Waals surface area contributed by atoms with Gasteiger partial charge in [0.25, 0.3) is 0 Å². The van der Waals surface area contributed by atoms with Crippen LogP contribution in [0.4, 0.5) is 17.8 Å². The van der Waals surface area contributed by atoms with E-state index in [1.807, 2.05) is 35.2 Å². The Hall–Kier alpha value is -3.43. The normalized spacial score (nSPS) is 19.5. The van der Waals surface area contributed by atoms with Gasteiger partial charge in [-0.15, -0.1) is 0 Å². The van der Waals surface area contributed by atoms with Crippen LogP contribution in [0, 0.1) is 0 Å². The number of piperazine rings is 2. The second-order valence-electron chi connectivity index (χ2n) is 6.42. The van der Waals surface area contributed by atoms with Crippen LogP contribution in [0.1, 0.15) is 5.56 Å². The van der Waals surface area contributed by atoms with Gasteiger partial charge in [0.1, 0.15) is 6.04 Å². The lowest BCUT2D eigenvalue weighted by atomic mass is 10.1. The van der Waals surface area contributed by atoms with Gasteiger partial charge in [-0.2, -0.15) is 15.0 Å². The lowest BCUT2D eigenvalue weighted by Gasteiger charge is -2.42. The molecule has 2 aliphatic heterocycles. The van der Waals surface area contributed by atoms with Crippen LogP contribution < -0.4 is 21.3 Å². The van der Waals surface area contributed by atoms with Gasteiger partial charge in [-0.25, -0.2) is 0 Å². The molecule has 1 aromatic heterocycles. The summed E-state index contributed by atoms with van der Waals surface area (Å²) in [5, 5.41) is 5.76. The Morgan fingerprint density at radius 2 is 1.96 bits per heavy atom. The number of carbonyl (C=O) groups is 2. The predicted molar refractivity (Wildman–Crippen MR) is 98.7 cm³/mol. The first-order chi connectivity index (χ1) is 13.1. The molecule has 0 aliphatic carbocycles. The number of hydrogen-bond donors (Lipinski definition) is 3. The molecule has 2 amide bonds. The summed E-state index contributed by atoms with van der Waals surface area (Å²) in [5.41, 5.74) is 6.93. The standard InChI is InChI=1S/C17H20N8O2/c18-15-21-16(20-8-11-4-2-1-3-5-11)23-17(22-15)24-6-7-25-12(10-24)14(27)19-9-13(25)26/h1-5,12H,6-10H2,(H,19,27)(H3,18,20,21,22,23)/t12-/m1/s1. The zero-order valence-electron chi connectivity index (χ0n) is 14.6. The van der Waals surface area contributed by atoms with Gasteiger partial charge >= 0.3 is 0 Å². The lowest BCUT2D eigenvalue weighted by Crippen LogP contribution is -2.66. The number of rotatable bonds is 4. The predicted octanol–water partition coefficient (Wildman–Crippen LogP) is -0.787. The fourth-order valence-corrected chi connectivity index (χ4v) is 3.25. The van der Waals surface area contributed by atoms with Crippen molar-refractivity contribution in [2.24, 2.45) is 0 Å². The van der Waals surface area contributed by atoms with E-state index in [0.717, 1.165) is 5.56 Å². The first kappa shape index (κ1) is 17.0. The van der Waals surface area contributed by atoms with Gasteiger partial charge in [0.05, 0.1) is 13.1 Å². The fourth-order valence-electron chi connectivity index (χ4n) is 3.25. The van der Waals surface area contributed by atoms with Crippen molar-refractivity contribution in [1.29, 1.82) is 0 Å². The number of carbonyl (C=O) groups excluding carboxylic acids is 2. The minimum Gasteiger partial charge on any atom is -0.368 e. The second-order valence-corrected chi connectivity index (χ2v) is 6.42. The maximum absolute atomic E-state index is 12.1. The number of hydrogen-bond acceptors (Lipinski definition) is 8. The molecule has 140 valence electrons. The number of nitrogens with zero attached hydrogens (tertiary/aromatic N) is 5. The van der Waals surface area contributed by atoms with E-state index in [1.165, 1.54) is 0 Å². The zero-order chi connectivity index (χ0) is 18.8. The van der Waals surface area contributed by atoms with Gasteiger partial charge in [0, 0.05) is 19.6 Å². The topological polar surface area (TPSA) is 129 Å². The van der Waals surface area contributed by atoms with Crippen molar-refractivity contribution in [2.75, 3.05) is 42.1 Å². The molecule has 10 heteroatoms. The Morgan fingerprint density at radius 1 is 1.15 bits per heavy atom. The first-order valence-electron chi connectivity index (χ1n) is 8.71. The average molecular weight is 368 g/mol. The summed E-state index contributed by atoms with van der Waals surface area (Å²) in [5.74, 6) is 0.627.